The van der Waals surface area contributed by atoms with Crippen molar-refractivity contribution in [2.24, 2.45) is 0 Å². The second-order valence-electron chi connectivity index (χ2n) is 5.95. The Labute approximate surface area is 161 Å². The third kappa shape index (κ3) is 4.98. The summed E-state index contributed by atoms with van der Waals surface area (Å²) in [4.78, 5) is 28.6. The Hall–Kier alpha value is -3.06. The van der Waals surface area contributed by atoms with Crippen LogP contribution in [0.15, 0.2) is 59.2 Å². The van der Waals surface area contributed by atoms with Gasteiger partial charge in [0.15, 0.2) is 0 Å². The second-order valence-corrected chi connectivity index (χ2v) is 7.32. The number of nitrogens with zero attached hydrogens (tertiary/aromatic N) is 1. The molecule has 3 aromatic rings. The van der Waals surface area contributed by atoms with E-state index in [1.54, 1.807) is 52.8 Å². The highest BCUT2D eigenvalue weighted by Crippen LogP contribution is 2.21. The summed E-state index contributed by atoms with van der Waals surface area (Å²) in [6.45, 7) is 2.87. The van der Waals surface area contributed by atoms with Crippen molar-refractivity contribution in [3.63, 3.8) is 0 Å². The number of rotatable bonds is 6. The standard InChI is InChI=1S/C20H20N2O4S/c1-14-8-9-18(27-14)13-22(12-17-7-4-10-26-17)19(23)15-5-3-6-16(11-15)21-20(24)25-2/h3-11H,12-13H2,1-2H3,(H,21,24). The summed E-state index contributed by atoms with van der Waals surface area (Å²) in [5, 5.41) is 2.58. The Bertz CT molecular complexity index is 918. The molecule has 2 heterocycles. The van der Waals surface area contributed by atoms with Crippen LogP contribution >= 0.6 is 11.3 Å². The van der Waals surface area contributed by atoms with Crippen molar-refractivity contribution >= 4 is 29.0 Å². The minimum absolute atomic E-state index is 0.147. The average molecular weight is 384 g/mol. The maximum absolute atomic E-state index is 13.1. The molecule has 2 aromatic heterocycles. The average Bonchev–Trinajstić information content (AvgIpc) is 3.32. The predicted octanol–water partition coefficient (Wildman–Crippen LogP) is 4.67. The fourth-order valence-electron chi connectivity index (χ4n) is 2.63. The summed E-state index contributed by atoms with van der Waals surface area (Å²) in [5.41, 5.74) is 0.973. The molecule has 1 N–H and O–H groups in total. The Kier molecular flexibility index (Phi) is 5.93. The fraction of sp³-hybridized carbons (Fsp3) is 0.200. The minimum Gasteiger partial charge on any atom is -0.467 e. The molecule has 0 aliphatic carbocycles. The van der Waals surface area contributed by atoms with Gasteiger partial charge >= 0.3 is 6.09 Å². The van der Waals surface area contributed by atoms with Crippen LogP contribution in [0.2, 0.25) is 0 Å². The molecular formula is C20H20N2O4S. The van der Waals surface area contributed by atoms with Crippen LogP contribution in [-0.4, -0.2) is 24.0 Å². The number of hydrogen-bond donors (Lipinski definition) is 1. The van der Waals surface area contributed by atoms with Gasteiger partial charge in [-0.3, -0.25) is 10.1 Å². The number of methoxy groups -OCH3 is 1. The number of furan rings is 1. The topological polar surface area (TPSA) is 71.8 Å². The van der Waals surface area contributed by atoms with Crippen LogP contribution in [-0.2, 0) is 17.8 Å². The summed E-state index contributed by atoms with van der Waals surface area (Å²) in [5.74, 6) is 0.562. The smallest absolute Gasteiger partial charge is 0.411 e. The van der Waals surface area contributed by atoms with E-state index in [1.165, 1.54) is 12.0 Å². The molecule has 0 fully saturated rings. The molecular weight excluding hydrogens is 364 g/mol. The Morgan fingerprint density at radius 2 is 2.00 bits per heavy atom. The largest absolute Gasteiger partial charge is 0.467 e. The molecule has 2 amide bonds. The van der Waals surface area contributed by atoms with Crippen molar-refractivity contribution in [1.29, 1.82) is 0 Å². The minimum atomic E-state index is -0.582. The van der Waals surface area contributed by atoms with Gasteiger partial charge in [-0.25, -0.2) is 4.79 Å². The number of nitrogens with one attached hydrogen (secondary N) is 1. The summed E-state index contributed by atoms with van der Waals surface area (Å²) in [7, 11) is 1.29. The number of amides is 2. The van der Waals surface area contributed by atoms with E-state index in [-0.39, 0.29) is 5.91 Å². The maximum atomic E-state index is 13.1. The number of aryl methyl sites for hydroxylation is 1. The Balaban J connectivity index is 1.83. The van der Waals surface area contributed by atoms with E-state index in [1.807, 2.05) is 25.1 Å². The number of ether oxygens (including phenoxy) is 1. The van der Waals surface area contributed by atoms with Crippen molar-refractivity contribution in [1.82, 2.24) is 4.90 Å². The van der Waals surface area contributed by atoms with Gasteiger partial charge in [0.2, 0.25) is 0 Å². The van der Waals surface area contributed by atoms with E-state index in [9.17, 15) is 9.59 Å². The zero-order valence-electron chi connectivity index (χ0n) is 15.1. The third-order valence-electron chi connectivity index (χ3n) is 3.90. The quantitative estimate of drug-likeness (QED) is 0.670. The van der Waals surface area contributed by atoms with Crippen LogP contribution in [0.1, 0.15) is 25.9 Å². The SMILES string of the molecule is COC(=O)Nc1cccc(C(=O)N(Cc2ccco2)Cc2ccc(C)s2)c1. The molecule has 1 aromatic carbocycles. The first-order valence-corrected chi connectivity index (χ1v) is 9.19. The van der Waals surface area contributed by atoms with E-state index in [2.05, 4.69) is 10.1 Å². The van der Waals surface area contributed by atoms with Gasteiger partial charge < -0.3 is 14.1 Å². The lowest BCUT2D eigenvalue weighted by Crippen LogP contribution is -2.29. The summed E-state index contributed by atoms with van der Waals surface area (Å²) in [6, 6.07) is 14.5. The highest BCUT2D eigenvalue weighted by Gasteiger charge is 2.19. The lowest BCUT2D eigenvalue weighted by atomic mass is 10.1. The van der Waals surface area contributed by atoms with Crippen LogP contribution in [0.3, 0.4) is 0 Å². The third-order valence-corrected chi connectivity index (χ3v) is 4.88. The van der Waals surface area contributed by atoms with Gasteiger partial charge in [0.1, 0.15) is 5.76 Å². The molecule has 0 aliphatic rings. The number of hydrogen-bond acceptors (Lipinski definition) is 5. The molecule has 0 spiro atoms. The van der Waals surface area contributed by atoms with Gasteiger partial charge in [0, 0.05) is 21.0 Å². The lowest BCUT2D eigenvalue weighted by Gasteiger charge is -2.21. The summed E-state index contributed by atoms with van der Waals surface area (Å²) in [6.07, 6.45) is 1.01. The first kappa shape index (κ1) is 18.7. The fourth-order valence-corrected chi connectivity index (χ4v) is 3.54. The summed E-state index contributed by atoms with van der Waals surface area (Å²) < 4.78 is 10.0. The summed E-state index contributed by atoms with van der Waals surface area (Å²) >= 11 is 1.66. The Morgan fingerprint density at radius 3 is 2.67 bits per heavy atom. The molecule has 27 heavy (non-hydrogen) atoms. The molecule has 0 aliphatic heterocycles. The number of carbonyl (C=O) groups is 2. The molecule has 0 bridgehead atoms. The monoisotopic (exact) mass is 384 g/mol. The van der Waals surface area contributed by atoms with Crippen molar-refractivity contribution in [2.45, 2.75) is 20.0 Å². The first-order valence-electron chi connectivity index (χ1n) is 8.37. The number of anilines is 1. The van der Waals surface area contributed by atoms with Crippen LogP contribution < -0.4 is 5.32 Å². The van der Waals surface area contributed by atoms with Crippen LogP contribution in [0, 0.1) is 6.92 Å². The van der Waals surface area contributed by atoms with Crippen LogP contribution in [0.4, 0.5) is 10.5 Å². The van der Waals surface area contributed by atoms with E-state index < -0.39 is 6.09 Å². The predicted molar refractivity (Wildman–Crippen MR) is 104 cm³/mol. The molecule has 0 atom stereocenters. The zero-order chi connectivity index (χ0) is 19.2. The van der Waals surface area contributed by atoms with E-state index in [0.717, 1.165) is 4.88 Å². The van der Waals surface area contributed by atoms with Gasteiger partial charge in [-0.15, -0.1) is 11.3 Å². The van der Waals surface area contributed by atoms with Crippen LogP contribution in [0.5, 0.6) is 0 Å². The molecule has 0 saturated heterocycles. The van der Waals surface area contributed by atoms with Crippen molar-refractivity contribution in [3.8, 4) is 0 Å². The van der Waals surface area contributed by atoms with E-state index in [0.29, 0.717) is 30.1 Å². The van der Waals surface area contributed by atoms with Gasteiger partial charge in [0.25, 0.3) is 5.91 Å². The molecule has 0 radical (unpaired) electrons. The first-order chi connectivity index (χ1) is 13.0. The lowest BCUT2D eigenvalue weighted by molar-refractivity contribution is 0.0719. The number of thiophene rings is 1. The van der Waals surface area contributed by atoms with E-state index >= 15 is 0 Å². The molecule has 7 heteroatoms. The van der Waals surface area contributed by atoms with Gasteiger partial charge in [-0.1, -0.05) is 6.07 Å². The molecule has 3 rings (SSSR count). The van der Waals surface area contributed by atoms with Crippen molar-refractivity contribution in [2.75, 3.05) is 12.4 Å². The molecule has 140 valence electrons. The molecule has 6 nitrogen and oxygen atoms in total. The van der Waals surface area contributed by atoms with Gasteiger partial charge in [-0.2, -0.15) is 0 Å². The molecule has 0 unspecified atom stereocenters. The Morgan fingerprint density at radius 1 is 1.15 bits per heavy atom. The van der Waals surface area contributed by atoms with Gasteiger partial charge in [-0.05, 0) is 49.4 Å². The van der Waals surface area contributed by atoms with Crippen molar-refractivity contribution in [3.05, 3.63) is 75.9 Å². The maximum Gasteiger partial charge on any atom is 0.411 e. The van der Waals surface area contributed by atoms with Crippen LogP contribution in [0.25, 0.3) is 0 Å². The number of benzene rings is 1. The second kappa shape index (κ2) is 8.55. The number of carbonyl (C=O) groups excluding carboxylic acids is 2. The molecule has 0 saturated carbocycles. The highest BCUT2D eigenvalue weighted by atomic mass is 32.1. The highest BCUT2D eigenvalue weighted by molar-refractivity contribution is 7.11. The normalized spacial score (nSPS) is 10.4. The van der Waals surface area contributed by atoms with E-state index in [4.69, 9.17) is 4.42 Å². The zero-order valence-corrected chi connectivity index (χ0v) is 15.9. The van der Waals surface area contributed by atoms with Gasteiger partial charge in [0.05, 0.1) is 26.5 Å². The van der Waals surface area contributed by atoms with Crippen molar-refractivity contribution < 1.29 is 18.7 Å².